The topological polar surface area (TPSA) is 71.9 Å². The third-order valence-electron chi connectivity index (χ3n) is 4.31. The molecule has 6 heteroatoms. The number of rotatable bonds is 5. The van der Waals surface area contributed by atoms with E-state index < -0.39 is 12.0 Å². The van der Waals surface area contributed by atoms with E-state index in [1.165, 1.54) is 0 Å². The van der Waals surface area contributed by atoms with E-state index in [1.54, 1.807) is 25.1 Å². The highest BCUT2D eigenvalue weighted by molar-refractivity contribution is 5.83. The summed E-state index contributed by atoms with van der Waals surface area (Å²) in [5.41, 5.74) is 1.55. The predicted molar refractivity (Wildman–Crippen MR) is 91.5 cm³/mol. The molecular formula is C18H20N2O4. The highest BCUT2D eigenvalue weighted by Crippen LogP contribution is 2.29. The van der Waals surface area contributed by atoms with Crippen LogP contribution in [0.5, 0.6) is 11.6 Å². The lowest BCUT2D eigenvalue weighted by atomic mass is 10.1. The van der Waals surface area contributed by atoms with Crippen LogP contribution in [0.3, 0.4) is 0 Å². The Bertz CT molecular complexity index is 790. The average molecular weight is 328 g/mol. The highest BCUT2D eigenvalue weighted by atomic mass is 16.5. The highest BCUT2D eigenvalue weighted by Gasteiger charge is 2.36. The average Bonchev–Trinajstić information content (AvgIpc) is 2.94. The molecule has 1 aliphatic rings. The van der Waals surface area contributed by atoms with Crippen LogP contribution in [0.25, 0.3) is 17.0 Å². The Balaban J connectivity index is 1.90. The number of hydrogen-bond acceptors (Lipinski definition) is 5. The van der Waals surface area contributed by atoms with E-state index in [0.29, 0.717) is 18.8 Å². The minimum absolute atomic E-state index is 0.217. The lowest BCUT2D eigenvalue weighted by Crippen LogP contribution is -2.32. The summed E-state index contributed by atoms with van der Waals surface area (Å²) in [6, 6.07) is 7.08. The molecule has 1 N–H and O–H groups in total. The minimum atomic E-state index is -0.830. The Morgan fingerprint density at radius 2 is 2.25 bits per heavy atom. The van der Waals surface area contributed by atoms with E-state index in [0.717, 1.165) is 22.2 Å². The number of fused-ring (bicyclic) bond motifs is 1. The van der Waals surface area contributed by atoms with Crippen LogP contribution in [0.1, 0.15) is 12.0 Å². The van der Waals surface area contributed by atoms with E-state index >= 15 is 0 Å². The Morgan fingerprint density at radius 3 is 2.88 bits per heavy atom. The quantitative estimate of drug-likeness (QED) is 0.909. The van der Waals surface area contributed by atoms with Crippen molar-refractivity contribution in [2.45, 2.75) is 18.6 Å². The van der Waals surface area contributed by atoms with Gasteiger partial charge in [-0.1, -0.05) is 12.7 Å². The molecule has 0 aliphatic carbocycles. The summed E-state index contributed by atoms with van der Waals surface area (Å²) < 4.78 is 11.2. The molecule has 0 amide bonds. The second-order valence-electron chi connectivity index (χ2n) is 5.91. The van der Waals surface area contributed by atoms with Crippen molar-refractivity contribution in [2.24, 2.45) is 0 Å². The number of ether oxygens (including phenoxy) is 2. The van der Waals surface area contributed by atoms with Gasteiger partial charge in [0.1, 0.15) is 17.9 Å². The molecular weight excluding hydrogens is 308 g/mol. The van der Waals surface area contributed by atoms with Crippen LogP contribution in [0, 0.1) is 0 Å². The normalized spacial score (nSPS) is 20.9. The van der Waals surface area contributed by atoms with Crippen LogP contribution in [-0.2, 0) is 4.79 Å². The third kappa shape index (κ3) is 3.05. The summed E-state index contributed by atoms with van der Waals surface area (Å²) in [6.45, 7) is 4.36. The molecule has 3 rings (SSSR count). The number of hydrogen-bond donors (Lipinski definition) is 1. The predicted octanol–water partition coefficient (Wildman–Crippen LogP) is 2.42. The second kappa shape index (κ2) is 6.49. The third-order valence-corrected chi connectivity index (χ3v) is 4.31. The van der Waals surface area contributed by atoms with Gasteiger partial charge in [-0.2, -0.15) is 0 Å². The van der Waals surface area contributed by atoms with Gasteiger partial charge in [-0.05, 0) is 25.2 Å². The van der Waals surface area contributed by atoms with Gasteiger partial charge in [0.2, 0.25) is 5.88 Å². The summed E-state index contributed by atoms with van der Waals surface area (Å²) in [4.78, 5) is 17.6. The number of carboxylic acid groups (broad SMARTS) is 1. The Hall–Kier alpha value is -2.60. The molecule has 2 aromatic rings. The summed E-state index contributed by atoms with van der Waals surface area (Å²) in [5.74, 6) is 0.359. The molecule has 6 nitrogen and oxygen atoms in total. The number of aromatic nitrogens is 1. The molecule has 1 aromatic carbocycles. The molecule has 2 atom stereocenters. The molecule has 0 spiro atoms. The Labute approximate surface area is 140 Å². The smallest absolute Gasteiger partial charge is 0.321 e. The number of likely N-dealkylation sites (tertiary alicyclic amines) is 1. The van der Waals surface area contributed by atoms with Crippen molar-refractivity contribution in [3.8, 4) is 11.6 Å². The van der Waals surface area contributed by atoms with Gasteiger partial charge in [-0.15, -0.1) is 0 Å². The van der Waals surface area contributed by atoms with Crippen molar-refractivity contribution in [2.75, 3.05) is 20.7 Å². The molecule has 0 saturated carbocycles. The maximum Gasteiger partial charge on any atom is 0.321 e. The van der Waals surface area contributed by atoms with Crippen molar-refractivity contribution in [1.29, 1.82) is 0 Å². The number of carbonyl (C=O) groups is 1. The van der Waals surface area contributed by atoms with Crippen molar-refractivity contribution >= 4 is 22.9 Å². The van der Waals surface area contributed by atoms with Crippen molar-refractivity contribution < 1.29 is 19.4 Å². The maximum absolute atomic E-state index is 11.2. The zero-order valence-corrected chi connectivity index (χ0v) is 13.7. The van der Waals surface area contributed by atoms with Gasteiger partial charge < -0.3 is 14.6 Å². The zero-order valence-electron chi connectivity index (χ0n) is 13.7. The molecule has 1 saturated heterocycles. The summed E-state index contributed by atoms with van der Waals surface area (Å²) >= 11 is 0. The SMILES string of the molecule is C=Cc1cc2ccc(OC)cc2nc1O[C@@H]1C[C@@H](C(=O)O)N(C)C1. The first-order chi connectivity index (χ1) is 11.5. The number of pyridine rings is 1. The van der Waals surface area contributed by atoms with Gasteiger partial charge in [-0.25, -0.2) is 4.98 Å². The summed E-state index contributed by atoms with van der Waals surface area (Å²) in [5, 5.41) is 10.2. The fraction of sp³-hybridized carbons (Fsp3) is 0.333. The number of nitrogens with zero attached hydrogens (tertiary/aromatic N) is 2. The largest absolute Gasteiger partial charge is 0.497 e. The van der Waals surface area contributed by atoms with Crippen LogP contribution < -0.4 is 9.47 Å². The summed E-state index contributed by atoms with van der Waals surface area (Å²) in [7, 11) is 3.40. The van der Waals surface area contributed by atoms with Gasteiger partial charge in [0.25, 0.3) is 0 Å². The monoisotopic (exact) mass is 328 g/mol. The molecule has 1 aliphatic heterocycles. The standard InChI is InChI=1S/C18H20N2O4/c1-4-11-7-12-5-6-13(23-3)8-15(12)19-17(11)24-14-9-16(18(21)22)20(2)10-14/h4-8,14,16H,1,9-10H2,2-3H3,(H,21,22)/t14-,16+/m1/s1. The fourth-order valence-corrected chi connectivity index (χ4v) is 3.00. The molecule has 24 heavy (non-hydrogen) atoms. The summed E-state index contributed by atoms with van der Waals surface area (Å²) in [6.07, 6.45) is 1.91. The van der Waals surface area contributed by atoms with E-state index in [9.17, 15) is 9.90 Å². The van der Waals surface area contributed by atoms with Crippen molar-refractivity contribution in [3.63, 3.8) is 0 Å². The fourth-order valence-electron chi connectivity index (χ4n) is 3.00. The van der Waals surface area contributed by atoms with Gasteiger partial charge >= 0.3 is 5.97 Å². The first-order valence-corrected chi connectivity index (χ1v) is 7.72. The number of carboxylic acids is 1. The molecule has 126 valence electrons. The van der Waals surface area contributed by atoms with Gasteiger partial charge in [0.05, 0.1) is 12.6 Å². The van der Waals surface area contributed by atoms with Crippen LogP contribution in [-0.4, -0.2) is 53.8 Å². The zero-order chi connectivity index (χ0) is 17.3. The van der Waals surface area contributed by atoms with E-state index in [-0.39, 0.29) is 6.10 Å². The van der Waals surface area contributed by atoms with Crippen LogP contribution >= 0.6 is 0 Å². The van der Waals surface area contributed by atoms with E-state index in [2.05, 4.69) is 11.6 Å². The van der Waals surface area contributed by atoms with Crippen LogP contribution in [0.15, 0.2) is 30.8 Å². The van der Waals surface area contributed by atoms with Crippen molar-refractivity contribution in [1.82, 2.24) is 9.88 Å². The van der Waals surface area contributed by atoms with Gasteiger partial charge in [0, 0.05) is 30.0 Å². The number of benzene rings is 1. The number of likely N-dealkylation sites (N-methyl/N-ethyl adjacent to an activating group) is 1. The van der Waals surface area contributed by atoms with Crippen LogP contribution in [0.4, 0.5) is 0 Å². The van der Waals surface area contributed by atoms with Gasteiger partial charge in [-0.3, -0.25) is 9.69 Å². The molecule has 1 aromatic heterocycles. The first kappa shape index (κ1) is 16.3. The molecule has 0 unspecified atom stereocenters. The first-order valence-electron chi connectivity index (χ1n) is 7.72. The maximum atomic E-state index is 11.2. The van der Waals surface area contributed by atoms with Crippen molar-refractivity contribution in [3.05, 3.63) is 36.4 Å². The van der Waals surface area contributed by atoms with Gasteiger partial charge in [0.15, 0.2) is 0 Å². The number of methoxy groups -OCH3 is 1. The van der Waals surface area contributed by atoms with E-state index in [1.807, 2.05) is 24.3 Å². The molecule has 2 heterocycles. The lowest BCUT2D eigenvalue weighted by molar-refractivity contribution is -0.141. The van der Waals surface area contributed by atoms with Crippen LogP contribution in [0.2, 0.25) is 0 Å². The molecule has 0 radical (unpaired) electrons. The lowest BCUT2D eigenvalue weighted by Gasteiger charge is -2.15. The minimum Gasteiger partial charge on any atom is -0.497 e. The molecule has 0 bridgehead atoms. The Kier molecular flexibility index (Phi) is 4.40. The molecule has 1 fully saturated rings. The van der Waals surface area contributed by atoms with E-state index in [4.69, 9.17) is 9.47 Å². The Morgan fingerprint density at radius 1 is 1.46 bits per heavy atom. The second-order valence-corrected chi connectivity index (χ2v) is 5.91. The number of aliphatic carboxylic acids is 1.